The minimum Gasteiger partial charge on any atom is -0.355 e. The molecule has 1 aliphatic rings. The predicted octanol–water partition coefficient (Wildman–Crippen LogP) is 2.04. The normalized spacial score (nSPS) is 18.2. The second kappa shape index (κ2) is 8.17. The van der Waals surface area contributed by atoms with Crippen molar-refractivity contribution in [3.63, 3.8) is 0 Å². The van der Waals surface area contributed by atoms with Gasteiger partial charge in [0.15, 0.2) is 0 Å². The maximum absolute atomic E-state index is 13.4. The first-order chi connectivity index (χ1) is 9.15. The molecule has 0 radical (unpaired) electrons. The summed E-state index contributed by atoms with van der Waals surface area (Å²) in [5, 5.41) is 6.07. The lowest BCUT2D eigenvalue weighted by Gasteiger charge is -2.22. The summed E-state index contributed by atoms with van der Waals surface area (Å²) in [6.45, 7) is 2.55. The topological polar surface area (TPSA) is 41.1 Å². The van der Waals surface area contributed by atoms with Crippen LogP contribution in [-0.2, 0) is 11.2 Å². The Morgan fingerprint density at radius 1 is 1.40 bits per heavy atom. The zero-order valence-corrected chi connectivity index (χ0v) is 11.9. The molecule has 1 aromatic carbocycles. The molecule has 1 fully saturated rings. The molecule has 1 saturated heterocycles. The summed E-state index contributed by atoms with van der Waals surface area (Å²) in [6, 6.07) is 3.27. The highest BCUT2D eigenvalue weighted by Gasteiger charge is 2.14. The molecule has 3 nitrogen and oxygen atoms in total. The van der Waals surface area contributed by atoms with Crippen LogP contribution in [0.2, 0.25) is 0 Å². The van der Waals surface area contributed by atoms with Crippen molar-refractivity contribution in [3.8, 4) is 0 Å². The Kier molecular flexibility index (Phi) is 6.88. The van der Waals surface area contributed by atoms with E-state index in [9.17, 15) is 13.6 Å². The largest absolute Gasteiger partial charge is 0.355 e. The molecule has 0 spiro atoms. The van der Waals surface area contributed by atoms with Gasteiger partial charge in [-0.05, 0) is 43.5 Å². The summed E-state index contributed by atoms with van der Waals surface area (Å²) >= 11 is 0. The lowest BCUT2D eigenvalue weighted by molar-refractivity contribution is -0.120. The molecule has 20 heavy (non-hydrogen) atoms. The fourth-order valence-electron chi connectivity index (χ4n) is 2.26. The number of benzene rings is 1. The molecule has 0 aliphatic carbocycles. The van der Waals surface area contributed by atoms with Crippen LogP contribution in [0.4, 0.5) is 8.78 Å². The number of hydrogen-bond acceptors (Lipinski definition) is 2. The van der Waals surface area contributed by atoms with Crippen molar-refractivity contribution in [2.45, 2.75) is 19.3 Å². The maximum Gasteiger partial charge on any atom is 0.224 e. The first-order valence-corrected chi connectivity index (χ1v) is 6.56. The zero-order chi connectivity index (χ0) is 13.7. The zero-order valence-electron chi connectivity index (χ0n) is 11.1. The Morgan fingerprint density at radius 3 is 2.85 bits per heavy atom. The minimum atomic E-state index is -0.672. The molecule has 0 bridgehead atoms. The Hall–Kier alpha value is -1.20. The van der Waals surface area contributed by atoms with Crippen molar-refractivity contribution < 1.29 is 13.6 Å². The van der Waals surface area contributed by atoms with E-state index in [1.54, 1.807) is 0 Å². The molecule has 1 amide bonds. The molecular formula is C14H19ClF2N2O. The van der Waals surface area contributed by atoms with E-state index in [1.165, 1.54) is 6.07 Å². The molecular weight excluding hydrogens is 286 g/mol. The Morgan fingerprint density at radius 2 is 2.20 bits per heavy atom. The van der Waals surface area contributed by atoms with Gasteiger partial charge in [0.05, 0.1) is 6.42 Å². The number of carbonyl (C=O) groups excluding carboxylic acids is 1. The highest BCUT2D eigenvalue weighted by Crippen LogP contribution is 2.11. The first-order valence-electron chi connectivity index (χ1n) is 6.56. The average Bonchev–Trinajstić information content (AvgIpc) is 2.41. The molecule has 1 heterocycles. The van der Waals surface area contributed by atoms with Gasteiger partial charge in [-0.1, -0.05) is 6.07 Å². The third kappa shape index (κ3) is 5.06. The van der Waals surface area contributed by atoms with Crippen LogP contribution in [0.3, 0.4) is 0 Å². The number of piperidine rings is 1. The number of carbonyl (C=O) groups is 1. The second-order valence-corrected chi connectivity index (χ2v) is 4.93. The maximum atomic E-state index is 13.4. The average molecular weight is 305 g/mol. The van der Waals surface area contributed by atoms with Crippen LogP contribution in [0, 0.1) is 17.6 Å². The van der Waals surface area contributed by atoms with Gasteiger partial charge in [-0.3, -0.25) is 4.79 Å². The van der Waals surface area contributed by atoms with Crippen LogP contribution < -0.4 is 10.6 Å². The lowest BCUT2D eigenvalue weighted by Crippen LogP contribution is -2.38. The van der Waals surface area contributed by atoms with Gasteiger partial charge in [-0.25, -0.2) is 8.78 Å². The molecule has 2 N–H and O–H groups in total. The monoisotopic (exact) mass is 304 g/mol. The van der Waals surface area contributed by atoms with Crippen molar-refractivity contribution >= 4 is 18.3 Å². The lowest BCUT2D eigenvalue weighted by atomic mass is 9.99. The van der Waals surface area contributed by atoms with E-state index in [-0.39, 0.29) is 30.3 Å². The van der Waals surface area contributed by atoms with Gasteiger partial charge in [0, 0.05) is 12.6 Å². The van der Waals surface area contributed by atoms with E-state index in [0.29, 0.717) is 12.5 Å². The Labute approximate surface area is 123 Å². The minimum absolute atomic E-state index is 0. The highest BCUT2D eigenvalue weighted by molar-refractivity contribution is 5.85. The Balaban J connectivity index is 0.00000200. The molecule has 1 aromatic rings. The highest BCUT2D eigenvalue weighted by atomic mass is 35.5. The first kappa shape index (κ1) is 16.9. The van der Waals surface area contributed by atoms with E-state index < -0.39 is 11.6 Å². The van der Waals surface area contributed by atoms with Crippen molar-refractivity contribution in [1.29, 1.82) is 0 Å². The van der Waals surface area contributed by atoms with Gasteiger partial charge in [0.1, 0.15) is 11.6 Å². The number of halogens is 3. The quantitative estimate of drug-likeness (QED) is 0.894. The summed E-state index contributed by atoms with van der Waals surface area (Å²) in [6.07, 6.45) is 2.16. The van der Waals surface area contributed by atoms with Gasteiger partial charge in [0.2, 0.25) is 5.91 Å². The van der Waals surface area contributed by atoms with E-state index in [4.69, 9.17) is 0 Å². The van der Waals surface area contributed by atoms with Crippen molar-refractivity contribution in [2.75, 3.05) is 19.6 Å². The van der Waals surface area contributed by atoms with Crippen LogP contribution in [0.5, 0.6) is 0 Å². The van der Waals surface area contributed by atoms with Gasteiger partial charge in [-0.15, -0.1) is 12.4 Å². The smallest absolute Gasteiger partial charge is 0.224 e. The fourth-order valence-corrected chi connectivity index (χ4v) is 2.26. The number of nitrogens with one attached hydrogen (secondary N) is 2. The fraction of sp³-hybridized carbons (Fsp3) is 0.500. The number of rotatable bonds is 4. The van der Waals surface area contributed by atoms with Crippen molar-refractivity contribution in [1.82, 2.24) is 10.6 Å². The van der Waals surface area contributed by atoms with Crippen molar-refractivity contribution in [3.05, 3.63) is 35.4 Å². The molecule has 0 saturated carbocycles. The van der Waals surface area contributed by atoms with E-state index >= 15 is 0 Å². The number of amides is 1. The molecule has 112 valence electrons. The van der Waals surface area contributed by atoms with Gasteiger partial charge in [-0.2, -0.15) is 0 Å². The summed E-state index contributed by atoms with van der Waals surface area (Å²) in [7, 11) is 0. The van der Waals surface area contributed by atoms with E-state index in [2.05, 4.69) is 10.6 Å². The molecule has 1 unspecified atom stereocenters. The van der Waals surface area contributed by atoms with E-state index in [0.717, 1.165) is 38.1 Å². The molecule has 6 heteroatoms. The summed E-state index contributed by atoms with van der Waals surface area (Å²) in [4.78, 5) is 11.7. The molecule has 2 rings (SSSR count). The van der Waals surface area contributed by atoms with Crippen LogP contribution in [0.25, 0.3) is 0 Å². The van der Waals surface area contributed by atoms with Crippen LogP contribution in [-0.4, -0.2) is 25.5 Å². The Bertz CT molecular complexity index is 451. The van der Waals surface area contributed by atoms with Gasteiger partial charge in [0.25, 0.3) is 0 Å². The third-order valence-corrected chi connectivity index (χ3v) is 3.35. The molecule has 0 aromatic heterocycles. The van der Waals surface area contributed by atoms with Crippen LogP contribution in [0.15, 0.2) is 18.2 Å². The SMILES string of the molecule is Cl.O=C(Cc1ccc(F)cc1F)NCC1CCCNC1. The van der Waals surface area contributed by atoms with E-state index in [1.807, 2.05) is 0 Å². The van der Waals surface area contributed by atoms with Crippen molar-refractivity contribution in [2.24, 2.45) is 5.92 Å². The second-order valence-electron chi connectivity index (χ2n) is 4.93. The van der Waals surface area contributed by atoms with Crippen LogP contribution >= 0.6 is 12.4 Å². The molecule has 1 atom stereocenters. The summed E-state index contributed by atoms with van der Waals surface area (Å²) in [5.41, 5.74) is 0.223. The predicted molar refractivity (Wildman–Crippen MR) is 75.9 cm³/mol. The van der Waals surface area contributed by atoms with Crippen LogP contribution in [0.1, 0.15) is 18.4 Å². The third-order valence-electron chi connectivity index (χ3n) is 3.35. The summed E-state index contributed by atoms with van der Waals surface area (Å²) in [5.74, 6) is -1.09. The molecule has 1 aliphatic heterocycles. The number of hydrogen-bond donors (Lipinski definition) is 2. The van der Waals surface area contributed by atoms with Gasteiger partial charge >= 0.3 is 0 Å². The standard InChI is InChI=1S/C14H18F2N2O.ClH/c15-12-4-3-11(13(16)7-12)6-14(19)18-9-10-2-1-5-17-8-10;/h3-4,7,10,17H,1-2,5-6,8-9H2,(H,18,19);1H. The van der Waals surface area contributed by atoms with Gasteiger partial charge < -0.3 is 10.6 Å². The summed E-state index contributed by atoms with van der Waals surface area (Å²) < 4.78 is 26.1.